The number of carbonyl (C=O) groups excluding carboxylic acids is 1. The molecule has 2 heterocycles. The van der Waals surface area contributed by atoms with E-state index < -0.39 is 0 Å². The summed E-state index contributed by atoms with van der Waals surface area (Å²) in [7, 11) is 0. The number of nitrogens with zero attached hydrogens (tertiary/aromatic N) is 1. The average molecular weight is 270 g/mol. The van der Waals surface area contributed by atoms with Crippen LogP contribution in [0.2, 0.25) is 0 Å². The van der Waals surface area contributed by atoms with Crippen LogP contribution in [-0.4, -0.2) is 47.5 Å². The Bertz CT molecular complexity index is 271. The van der Waals surface area contributed by atoms with Crippen molar-refractivity contribution in [1.82, 2.24) is 10.2 Å². The zero-order valence-corrected chi connectivity index (χ0v) is 12.5. The van der Waals surface area contributed by atoms with E-state index in [4.69, 9.17) is 0 Å². The number of hydrogen-bond donors (Lipinski definition) is 1. The minimum absolute atomic E-state index is 0.240. The maximum absolute atomic E-state index is 12.5. The van der Waals surface area contributed by atoms with E-state index in [9.17, 15) is 4.79 Å². The van der Waals surface area contributed by atoms with Crippen LogP contribution in [0.25, 0.3) is 0 Å². The van der Waals surface area contributed by atoms with Crippen molar-refractivity contribution >= 4 is 17.7 Å². The van der Waals surface area contributed by atoms with Gasteiger partial charge in [0.05, 0.1) is 5.25 Å². The zero-order valence-electron chi connectivity index (χ0n) is 11.7. The Morgan fingerprint density at radius 1 is 1.39 bits per heavy atom. The van der Waals surface area contributed by atoms with Crippen molar-refractivity contribution in [2.75, 3.05) is 25.4 Å². The van der Waals surface area contributed by atoms with Gasteiger partial charge in [0.2, 0.25) is 5.91 Å². The second-order valence-electron chi connectivity index (χ2n) is 5.80. The molecule has 0 radical (unpaired) electrons. The molecule has 1 amide bonds. The maximum atomic E-state index is 12.5. The van der Waals surface area contributed by atoms with E-state index in [0.717, 1.165) is 31.8 Å². The molecule has 2 unspecified atom stereocenters. The number of carbonyl (C=O) groups is 1. The molecule has 2 rings (SSSR count). The first-order valence-electron chi connectivity index (χ1n) is 7.31. The monoisotopic (exact) mass is 270 g/mol. The molecule has 0 saturated carbocycles. The number of hydrogen-bond acceptors (Lipinski definition) is 3. The molecule has 0 aliphatic carbocycles. The molecule has 2 saturated heterocycles. The number of thioether (sulfide) groups is 1. The van der Waals surface area contributed by atoms with Crippen LogP contribution in [0.4, 0.5) is 0 Å². The lowest BCUT2D eigenvalue weighted by Crippen LogP contribution is -2.46. The van der Waals surface area contributed by atoms with Gasteiger partial charge in [-0.15, -0.1) is 11.8 Å². The smallest absolute Gasteiger partial charge is 0.235 e. The molecule has 0 aromatic rings. The highest BCUT2D eigenvalue weighted by Gasteiger charge is 2.30. The van der Waals surface area contributed by atoms with Crippen molar-refractivity contribution < 1.29 is 4.79 Å². The highest BCUT2D eigenvalue weighted by Crippen LogP contribution is 2.29. The predicted octanol–water partition coefficient (Wildman–Crippen LogP) is 2.12. The maximum Gasteiger partial charge on any atom is 0.235 e. The van der Waals surface area contributed by atoms with Gasteiger partial charge < -0.3 is 10.2 Å². The summed E-state index contributed by atoms with van der Waals surface area (Å²) in [6.07, 6.45) is 4.80. The fraction of sp³-hybridized carbons (Fsp3) is 0.929. The van der Waals surface area contributed by atoms with Crippen LogP contribution in [0.1, 0.15) is 39.5 Å². The van der Waals surface area contributed by atoms with E-state index in [1.807, 2.05) is 11.8 Å². The first-order chi connectivity index (χ1) is 8.68. The average Bonchev–Trinajstić information content (AvgIpc) is 2.90. The first kappa shape index (κ1) is 14.2. The Balaban J connectivity index is 1.91. The zero-order chi connectivity index (χ0) is 13.0. The van der Waals surface area contributed by atoms with Gasteiger partial charge in [-0.3, -0.25) is 4.79 Å². The largest absolute Gasteiger partial charge is 0.339 e. The van der Waals surface area contributed by atoms with E-state index in [1.54, 1.807) is 0 Å². The second-order valence-corrected chi connectivity index (χ2v) is 7.11. The van der Waals surface area contributed by atoms with E-state index in [1.165, 1.54) is 19.3 Å². The molecule has 0 bridgehead atoms. The van der Waals surface area contributed by atoms with Crippen molar-refractivity contribution in [2.45, 2.75) is 50.8 Å². The summed E-state index contributed by atoms with van der Waals surface area (Å²) in [5.74, 6) is 2.20. The van der Waals surface area contributed by atoms with Crippen molar-refractivity contribution in [2.24, 2.45) is 5.92 Å². The van der Waals surface area contributed by atoms with Crippen LogP contribution in [0, 0.1) is 5.92 Å². The van der Waals surface area contributed by atoms with Crippen LogP contribution >= 0.6 is 11.8 Å². The van der Waals surface area contributed by atoms with Gasteiger partial charge in [0, 0.05) is 12.6 Å². The summed E-state index contributed by atoms with van der Waals surface area (Å²) in [6.45, 7) is 7.46. The normalized spacial score (nSPS) is 28.6. The lowest BCUT2D eigenvalue weighted by atomic mass is 9.98. The molecular weight excluding hydrogens is 244 g/mol. The third kappa shape index (κ3) is 3.64. The molecule has 0 aromatic heterocycles. The Kier molecular flexibility index (Phi) is 5.37. The Hall–Kier alpha value is -0.220. The summed E-state index contributed by atoms with van der Waals surface area (Å²) in [5.41, 5.74) is 0. The molecule has 18 heavy (non-hydrogen) atoms. The quantitative estimate of drug-likeness (QED) is 0.849. The van der Waals surface area contributed by atoms with Gasteiger partial charge in [-0.1, -0.05) is 0 Å². The van der Waals surface area contributed by atoms with Gasteiger partial charge in [0.1, 0.15) is 0 Å². The molecule has 2 aliphatic rings. The van der Waals surface area contributed by atoms with Crippen LogP contribution in [-0.2, 0) is 4.79 Å². The van der Waals surface area contributed by atoms with Crippen LogP contribution in [0.3, 0.4) is 0 Å². The number of rotatable bonds is 4. The second kappa shape index (κ2) is 6.80. The molecular formula is C14H26N2OS. The van der Waals surface area contributed by atoms with E-state index in [0.29, 0.717) is 17.9 Å². The lowest BCUT2D eigenvalue weighted by molar-refractivity contribution is -0.133. The van der Waals surface area contributed by atoms with Gasteiger partial charge in [-0.2, -0.15) is 0 Å². The van der Waals surface area contributed by atoms with E-state index in [-0.39, 0.29) is 5.25 Å². The molecule has 0 aromatic carbocycles. The summed E-state index contributed by atoms with van der Waals surface area (Å²) < 4.78 is 0. The topological polar surface area (TPSA) is 32.3 Å². The highest BCUT2D eigenvalue weighted by atomic mass is 32.2. The Morgan fingerprint density at radius 3 is 2.78 bits per heavy atom. The minimum Gasteiger partial charge on any atom is -0.339 e. The van der Waals surface area contributed by atoms with Crippen molar-refractivity contribution in [1.29, 1.82) is 0 Å². The summed E-state index contributed by atoms with van der Waals surface area (Å²) >= 11 is 1.85. The fourth-order valence-electron chi connectivity index (χ4n) is 2.87. The van der Waals surface area contributed by atoms with Gasteiger partial charge >= 0.3 is 0 Å². The Morgan fingerprint density at radius 2 is 2.22 bits per heavy atom. The molecule has 4 heteroatoms. The van der Waals surface area contributed by atoms with Gasteiger partial charge in [-0.25, -0.2) is 0 Å². The fourth-order valence-corrected chi connectivity index (χ4v) is 4.10. The standard InChI is InChI=1S/C14H26N2OS/c1-11(2)16(10-12-5-3-7-15-9-12)14(17)13-6-4-8-18-13/h11-13,15H,3-10H2,1-2H3. The summed E-state index contributed by atoms with van der Waals surface area (Å²) in [5, 5.41) is 3.68. The van der Waals surface area contributed by atoms with Crippen molar-refractivity contribution in [3.63, 3.8) is 0 Å². The summed E-state index contributed by atoms with van der Waals surface area (Å²) in [4.78, 5) is 14.7. The molecule has 2 aliphatic heterocycles. The van der Waals surface area contributed by atoms with Crippen LogP contribution in [0.5, 0.6) is 0 Å². The van der Waals surface area contributed by atoms with Crippen molar-refractivity contribution in [3.05, 3.63) is 0 Å². The minimum atomic E-state index is 0.240. The van der Waals surface area contributed by atoms with Gasteiger partial charge in [0.25, 0.3) is 0 Å². The molecule has 0 spiro atoms. The molecule has 3 nitrogen and oxygen atoms in total. The molecule has 2 atom stereocenters. The lowest BCUT2D eigenvalue weighted by Gasteiger charge is -2.34. The first-order valence-corrected chi connectivity index (χ1v) is 8.36. The van der Waals surface area contributed by atoms with Gasteiger partial charge in [-0.05, 0) is 64.3 Å². The van der Waals surface area contributed by atoms with Gasteiger partial charge in [0.15, 0.2) is 0 Å². The number of amides is 1. The third-order valence-electron chi connectivity index (χ3n) is 3.97. The predicted molar refractivity (Wildman–Crippen MR) is 77.9 cm³/mol. The van der Waals surface area contributed by atoms with Crippen LogP contribution in [0.15, 0.2) is 0 Å². The van der Waals surface area contributed by atoms with Crippen molar-refractivity contribution in [3.8, 4) is 0 Å². The summed E-state index contributed by atoms with van der Waals surface area (Å²) in [6, 6.07) is 0.334. The van der Waals surface area contributed by atoms with E-state index in [2.05, 4.69) is 24.1 Å². The van der Waals surface area contributed by atoms with Crippen LogP contribution < -0.4 is 5.32 Å². The third-order valence-corrected chi connectivity index (χ3v) is 5.33. The SMILES string of the molecule is CC(C)N(CC1CCCNC1)C(=O)C1CCCS1. The van der Waals surface area contributed by atoms with E-state index >= 15 is 0 Å². The Labute approximate surface area is 115 Å². The number of nitrogens with one attached hydrogen (secondary N) is 1. The molecule has 1 N–H and O–H groups in total. The highest BCUT2D eigenvalue weighted by molar-refractivity contribution is 8.00. The number of piperidine rings is 1. The molecule has 2 fully saturated rings. The molecule has 104 valence electrons.